The Labute approximate surface area is 195 Å². The molecule has 2 saturated heterocycles. The first-order valence-electron chi connectivity index (χ1n) is 12.2. The fraction of sp³-hybridized carbons (Fsp3) is 0.556. The van der Waals surface area contributed by atoms with Crippen molar-refractivity contribution in [3.05, 3.63) is 46.3 Å². The second-order valence-electron chi connectivity index (χ2n) is 9.64. The van der Waals surface area contributed by atoms with Crippen molar-refractivity contribution in [2.45, 2.75) is 65.4 Å². The summed E-state index contributed by atoms with van der Waals surface area (Å²) in [6.45, 7) is 7.15. The largest absolute Gasteiger partial charge is 0.505 e. The third-order valence-corrected chi connectivity index (χ3v) is 7.28. The molecular formula is C27H34FNO4. The number of aromatic hydroxyl groups is 1. The van der Waals surface area contributed by atoms with Gasteiger partial charge in [0.25, 0.3) is 0 Å². The van der Waals surface area contributed by atoms with Crippen molar-refractivity contribution in [3.63, 3.8) is 0 Å². The number of imide groups is 1. The molecule has 1 aliphatic carbocycles. The summed E-state index contributed by atoms with van der Waals surface area (Å²) in [5.74, 6) is -1.49. The molecule has 2 aliphatic heterocycles. The molecule has 0 aromatic heterocycles. The van der Waals surface area contributed by atoms with Gasteiger partial charge in [-0.15, -0.1) is 0 Å². The topological polar surface area (TPSA) is 66.8 Å². The van der Waals surface area contributed by atoms with Gasteiger partial charge in [-0.3, -0.25) is 14.5 Å². The summed E-state index contributed by atoms with van der Waals surface area (Å²) in [5.41, 5.74) is 4.39. The molecule has 2 amide bonds. The number of fused-ring (bicyclic) bond motifs is 3. The van der Waals surface area contributed by atoms with Crippen molar-refractivity contribution in [2.75, 3.05) is 13.2 Å². The Morgan fingerprint density at radius 2 is 2.00 bits per heavy atom. The van der Waals surface area contributed by atoms with E-state index in [0.29, 0.717) is 25.1 Å². The second-order valence-corrected chi connectivity index (χ2v) is 9.64. The number of carbonyl (C=O) groups excluding carboxylic acids is 2. The molecule has 0 radical (unpaired) electrons. The molecule has 0 bridgehead atoms. The minimum atomic E-state index is -0.627. The average Bonchev–Trinajstić information content (AvgIpc) is 3.30. The van der Waals surface area contributed by atoms with Gasteiger partial charge in [-0.2, -0.15) is 0 Å². The number of phenols is 1. The lowest BCUT2D eigenvalue weighted by Crippen LogP contribution is -2.34. The molecule has 1 aromatic rings. The van der Waals surface area contributed by atoms with Crippen molar-refractivity contribution in [1.29, 1.82) is 0 Å². The number of carbonyl (C=O) groups is 2. The Morgan fingerprint density at radius 3 is 2.70 bits per heavy atom. The van der Waals surface area contributed by atoms with Gasteiger partial charge in [0.1, 0.15) is 0 Å². The number of allylic oxidation sites excluding steroid dienone is 2. The normalized spacial score (nSPS) is 27.4. The molecule has 2 heterocycles. The lowest BCUT2D eigenvalue weighted by Gasteiger charge is -2.32. The van der Waals surface area contributed by atoms with Gasteiger partial charge < -0.3 is 9.84 Å². The summed E-state index contributed by atoms with van der Waals surface area (Å²) in [6, 6.07) is 4.38. The van der Waals surface area contributed by atoms with Crippen LogP contribution in [-0.2, 0) is 14.3 Å². The van der Waals surface area contributed by atoms with Gasteiger partial charge in [-0.05, 0) is 62.3 Å². The van der Waals surface area contributed by atoms with E-state index in [0.717, 1.165) is 37.7 Å². The van der Waals surface area contributed by atoms with E-state index < -0.39 is 5.82 Å². The first kappa shape index (κ1) is 23.7. The van der Waals surface area contributed by atoms with Crippen LogP contribution < -0.4 is 0 Å². The first-order valence-corrected chi connectivity index (χ1v) is 12.2. The number of hydrogen-bond acceptors (Lipinski definition) is 4. The van der Waals surface area contributed by atoms with Gasteiger partial charge in [-0.25, -0.2) is 4.39 Å². The van der Waals surface area contributed by atoms with Gasteiger partial charge >= 0.3 is 0 Å². The van der Waals surface area contributed by atoms with Crippen molar-refractivity contribution in [1.82, 2.24) is 4.90 Å². The molecule has 33 heavy (non-hydrogen) atoms. The number of nitrogens with zero attached hydrogens (tertiary/aromatic N) is 1. The molecular weight excluding hydrogens is 421 g/mol. The minimum absolute atomic E-state index is 0.00265. The molecule has 178 valence electrons. The fourth-order valence-electron chi connectivity index (χ4n) is 5.85. The number of likely N-dealkylation sites (tertiary alicyclic amines) is 1. The highest BCUT2D eigenvalue weighted by Crippen LogP contribution is 2.50. The highest BCUT2D eigenvalue weighted by atomic mass is 19.1. The van der Waals surface area contributed by atoms with Crippen molar-refractivity contribution >= 4 is 17.9 Å². The highest BCUT2D eigenvalue weighted by Gasteiger charge is 2.56. The first-order chi connectivity index (χ1) is 15.8. The van der Waals surface area contributed by atoms with Crippen LogP contribution in [-0.4, -0.2) is 41.1 Å². The number of hydrogen-bond donors (Lipinski definition) is 1. The Kier molecular flexibility index (Phi) is 7.03. The number of benzene rings is 1. The fourth-order valence-corrected chi connectivity index (χ4v) is 5.85. The molecule has 2 fully saturated rings. The van der Waals surface area contributed by atoms with Crippen LogP contribution >= 0.6 is 0 Å². The lowest BCUT2D eigenvalue weighted by molar-refractivity contribution is -0.140. The van der Waals surface area contributed by atoms with Crippen LogP contribution in [0.25, 0.3) is 6.08 Å². The molecule has 1 N–H and O–H groups in total. The van der Waals surface area contributed by atoms with Crippen LogP contribution in [0.4, 0.5) is 4.39 Å². The number of ether oxygens (including phenoxy) is 1. The van der Waals surface area contributed by atoms with Gasteiger partial charge in [0.15, 0.2) is 11.6 Å². The third-order valence-electron chi connectivity index (χ3n) is 7.28. The molecule has 0 unspecified atom stereocenters. The Balaban J connectivity index is 1.52. The van der Waals surface area contributed by atoms with E-state index in [2.05, 4.69) is 6.92 Å². The van der Waals surface area contributed by atoms with E-state index in [4.69, 9.17) is 4.74 Å². The lowest BCUT2D eigenvalue weighted by atomic mass is 9.68. The maximum Gasteiger partial charge on any atom is 0.233 e. The van der Waals surface area contributed by atoms with Gasteiger partial charge in [0.2, 0.25) is 11.8 Å². The van der Waals surface area contributed by atoms with Crippen molar-refractivity contribution in [3.8, 4) is 5.75 Å². The summed E-state index contributed by atoms with van der Waals surface area (Å²) in [7, 11) is 0. The van der Waals surface area contributed by atoms with Gasteiger partial charge in [-0.1, -0.05) is 43.6 Å². The Hall–Kier alpha value is -2.47. The Morgan fingerprint density at radius 1 is 1.21 bits per heavy atom. The predicted molar refractivity (Wildman–Crippen MR) is 125 cm³/mol. The van der Waals surface area contributed by atoms with E-state index in [1.165, 1.54) is 28.2 Å². The number of rotatable bonds is 8. The van der Waals surface area contributed by atoms with Crippen LogP contribution in [0.1, 0.15) is 64.9 Å². The van der Waals surface area contributed by atoms with Crippen molar-refractivity contribution < 1.29 is 23.8 Å². The SMILES string of the molecule is CCCC1=C2[C@@H](CC/C(C)=C/c3ccc(O)c(F)c3)OC[C@@H]2[C@@H]2C(=O)N(CCC)C(=O)[C@@H]2C1. The molecule has 4 atom stereocenters. The zero-order valence-corrected chi connectivity index (χ0v) is 19.8. The predicted octanol–water partition coefficient (Wildman–Crippen LogP) is 5.24. The summed E-state index contributed by atoms with van der Waals surface area (Å²) < 4.78 is 19.9. The van der Waals surface area contributed by atoms with Gasteiger partial charge in [0.05, 0.1) is 24.5 Å². The number of phenolic OH excluding ortho intramolecular Hbond substituents is 1. The van der Waals surface area contributed by atoms with E-state index in [1.807, 2.05) is 19.9 Å². The van der Waals surface area contributed by atoms with E-state index >= 15 is 0 Å². The smallest absolute Gasteiger partial charge is 0.233 e. The maximum absolute atomic E-state index is 13.6. The molecule has 3 aliphatic rings. The van der Waals surface area contributed by atoms with Crippen LogP contribution in [0.2, 0.25) is 0 Å². The average molecular weight is 456 g/mol. The number of halogens is 1. The van der Waals surface area contributed by atoms with E-state index in [-0.39, 0.29) is 41.4 Å². The summed E-state index contributed by atoms with van der Waals surface area (Å²) in [4.78, 5) is 27.6. The summed E-state index contributed by atoms with van der Waals surface area (Å²) in [6.07, 6.45) is 6.85. The Bertz CT molecular complexity index is 998. The van der Waals surface area contributed by atoms with Gasteiger partial charge in [0, 0.05) is 12.5 Å². The van der Waals surface area contributed by atoms with Crippen LogP contribution in [0, 0.1) is 23.6 Å². The zero-order valence-electron chi connectivity index (χ0n) is 19.8. The van der Waals surface area contributed by atoms with E-state index in [1.54, 1.807) is 6.07 Å². The zero-order chi connectivity index (χ0) is 23.7. The maximum atomic E-state index is 13.6. The monoisotopic (exact) mass is 455 g/mol. The molecule has 1 aromatic carbocycles. The number of amides is 2. The highest BCUT2D eigenvalue weighted by molar-refractivity contribution is 6.05. The van der Waals surface area contributed by atoms with Crippen molar-refractivity contribution in [2.24, 2.45) is 17.8 Å². The second kappa shape index (κ2) is 9.80. The summed E-state index contributed by atoms with van der Waals surface area (Å²) in [5, 5.41) is 9.38. The minimum Gasteiger partial charge on any atom is -0.505 e. The van der Waals surface area contributed by atoms with Crippen LogP contribution in [0.15, 0.2) is 34.9 Å². The van der Waals surface area contributed by atoms with E-state index in [9.17, 15) is 19.1 Å². The standard InChI is InChI=1S/C27H34FNO4/c1-4-6-18-14-19-25(27(32)29(11-5-2)26(19)31)20-15-33-23(24(18)20)10-7-16(3)12-17-8-9-22(30)21(28)13-17/h8-9,12-13,19-20,23,25,30H,4-7,10-11,14-15H2,1-3H3/b16-12+/t19-,20+,23-,25-/m1/s1. The summed E-state index contributed by atoms with van der Waals surface area (Å²) >= 11 is 0. The molecule has 4 rings (SSSR count). The van der Waals surface area contributed by atoms with Crippen LogP contribution in [0.5, 0.6) is 5.75 Å². The third kappa shape index (κ3) is 4.50. The molecule has 5 nitrogen and oxygen atoms in total. The quantitative estimate of drug-likeness (QED) is 0.430. The molecule has 6 heteroatoms. The van der Waals surface area contributed by atoms with Crippen LogP contribution in [0.3, 0.4) is 0 Å². The molecule has 0 saturated carbocycles. The molecule has 0 spiro atoms.